The average Bonchev–Trinajstić information content (AvgIpc) is 3.45. The molecule has 1 aliphatic carbocycles. The molecule has 1 N–H and O–H groups in total. The number of hydrogen-bond donors (Lipinski definition) is 1. The fourth-order valence-corrected chi connectivity index (χ4v) is 4.29. The quantitative estimate of drug-likeness (QED) is 0.765. The summed E-state index contributed by atoms with van der Waals surface area (Å²) < 4.78 is 2.07. The second kappa shape index (κ2) is 6.65. The third-order valence-electron chi connectivity index (χ3n) is 5.74. The summed E-state index contributed by atoms with van der Waals surface area (Å²) in [6.07, 6.45) is 11.2. The first-order valence-electron chi connectivity index (χ1n) is 9.67. The van der Waals surface area contributed by atoms with Gasteiger partial charge in [0.25, 0.3) is 5.91 Å². The second-order valence-electron chi connectivity index (χ2n) is 7.56. The van der Waals surface area contributed by atoms with Crippen molar-refractivity contribution in [1.82, 2.24) is 20.1 Å². The zero-order chi connectivity index (χ0) is 18.2. The Morgan fingerprint density at radius 3 is 2.89 bits per heavy atom. The molecule has 1 fully saturated rings. The zero-order valence-corrected chi connectivity index (χ0v) is 15.2. The minimum atomic E-state index is -0.00582. The number of hydrogen-bond acceptors (Lipinski definition) is 3. The fourth-order valence-electron chi connectivity index (χ4n) is 4.29. The van der Waals surface area contributed by atoms with Crippen LogP contribution in [-0.2, 0) is 13.1 Å². The minimum Gasteiger partial charge on any atom is -0.348 e. The molecule has 0 spiro atoms. The molecule has 0 atom stereocenters. The van der Waals surface area contributed by atoms with Crippen molar-refractivity contribution < 1.29 is 4.79 Å². The van der Waals surface area contributed by atoms with Crippen molar-refractivity contribution >= 4 is 5.91 Å². The van der Waals surface area contributed by atoms with Gasteiger partial charge in [-0.15, -0.1) is 0 Å². The van der Waals surface area contributed by atoms with Crippen LogP contribution >= 0.6 is 0 Å². The largest absolute Gasteiger partial charge is 0.348 e. The van der Waals surface area contributed by atoms with E-state index in [0.29, 0.717) is 6.54 Å². The lowest BCUT2D eigenvalue weighted by molar-refractivity contribution is 0.0966. The van der Waals surface area contributed by atoms with Crippen molar-refractivity contribution in [1.29, 1.82) is 0 Å². The SMILES string of the molecule is O=C1NCc2ccc(-c3ncccc3-c3cnn(CC4CCCC4)c3)cc21. The maximum absolute atomic E-state index is 12.0. The van der Waals surface area contributed by atoms with Crippen LogP contribution in [0.1, 0.15) is 41.6 Å². The summed E-state index contributed by atoms with van der Waals surface area (Å²) in [5, 5.41) is 7.46. The van der Waals surface area contributed by atoms with Gasteiger partial charge in [-0.05, 0) is 36.5 Å². The lowest BCUT2D eigenvalue weighted by Crippen LogP contribution is -2.12. The Morgan fingerprint density at radius 2 is 2.00 bits per heavy atom. The van der Waals surface area contributed by atoms with Gasteiger partial charge in [-0.25, -0.2) is 0 Å². The molecular formula is C22H22N4O. The van der Waals surface area contributed by atoms with Gasteiger partial charge in [-0.2, -0.15) is 5.10 Å². The molecular weight excluding hydrogens is 336 g/mol. The van der Waals surface area contributed by atoms with E-state index in [2.05, 4.69) is 32.3 Å². The number of amides is 1. The molecule has 1 saturated carbocycles. The first-order valence-corrected chi connectivity index (χ1v) is 9.67. The minimum absolute atomic E-state index is 0.00582. The summed E-state index contributed by atoms with van der Waals surface area (Å²) in [5.74, 6) is 0.745. The number of pyridine rings is 1. The number of nitrogens with zero attached hydrogens (tertiary/aromatic N) is 3. The standard InChI is InChI=1S/C22H22N4O/c27-22-20-10-16(7-8-17(20)11-24-22)21-19(6-3-9-23-21)18-12-25-26(14-18)13-15-4-1-2-5-15/h3,6-10,12,14-15H,1-2,4-5,11,13H2,(H,24,27). The molecule has 0 unspecified atom stereocenters. The summed E-state index contributed by atoms with van der Waals surface area (Å²) >= 11 is 0. The number of fused-ring (bicyclic) bond motifs is 1. The highest BCUT2D eigenvalue weighted by Crippen LogP contribution is 2.32. The maximum Gasteiger partial charge on any atom is 0.251 e. The average molecular weight is 358 g/mol. The Labute approximate surface area is 158 Å². The van der Waals surface area contributed by atoms with Gasteiger partial charge in [0.15, 0.2) is 0 Å². The topological polar surface area (TPSA) is 59.8 Å². The van der Waals surface area contributed by atoms with E-state index >= 15 is 0 Å². The van der Waals surface area contributed by atoms with Gasteiger partial charge < -0.3 is 5.32 Å². The van der Waals surface area contributed by atoms with E-state index in [1.54, 1.807) is 6.20 Å². The van der Waals surface area contributed by atoms with Gasteiger partial charge in [0.2, 0.25) is 0 Å². The smallest absolute Gasteiger partial charge is 0.251 e. The molecule has 27 heavy (non-hydrogen) atoms. The lowest BCUT2D eigenvalue weighted by atomic mass is 9.98. The van der Waals surface area contributed by atoms with Gasteiger partial charge in [-0.1, -0.05) is 31.0 Å². The van der Waals surface area contributed by atoms with Gasteiger partial charge in [-0.3, -0.25) is 14.5 Å². The van der Waals surface area contributed by atoms with E-state index in [1.165, 1.54) is 25.7 Å². The molecule has 0 saturated heterocycles. The molecule has 2 aliphatic rings. The van der Waals surface area contributed by atoms with Gasteiger partial charge in [0.1, 0.15) is 0 Å². The van der Waals surface area contributed by atoms with E-state index in [9.17, 15) is 4.79 Å². The molecule has 5 rings (SSSR count). The van der Waals surface area contributed by atoms with Crippen LogP contribution in [0.3, 0.4) is 0 Å². The van der Waals surface area contributed by atoms with Crippen molar-refractivity contribution in [2.45, 2.75) is 38.8 Å². The van der Waals surface area contributed by atoms with Crippen LogP contribution in [0.5, 0.6) is 0 Å². The fraction of sp³-hybridized carbons (Fsp3) is 0.318. The molecule has 2 aromatic heterocycles. The second-order valence-corrected chi connectivity index (χ2v) is 7.56. The molecule has 3 aromatic rings. The highest BCUT2D eigenvalue weighted by molar-refractivity contribution is 5.99. The number of benzene rings is 1. The Balaban J connectivity index is 1.49. The van der Waals surface area contributed by atoms with Crippen LogP contribution in [0, 0.1) is 5.92 Å². The van der Waals surface area contributed by atoms with E-state index in [1.807, 2.05) is 30.5 Å². The highest BCUT2D eigenvalue weighted by atomic mass is 16.1. The lowest BCUT2D eigenvalue weighted by Gasteiger charge is -2.09. The van der Waals surface area contributed by atoms with Crippen LogP contribution in [-0.4, -0.2) is 20.7 Å². The number of carbonyl (C=O) groups excluding carboxylic acids is 1. The third-order valence-corrected chi connectivity index (χ3v) is 5.74. The molecule has 136 valence electrons. The van der Waals surface area contributed by atoms with Crippen LogP contribution in [0.25, 0.3) is 22.4 Å². The van der Waals surface area contributed by atoms with Gasteiger partial charge >= 0.3 is 0 Å². The van der Waals surface area contributed by atoms with Crippen molar-refractivity contribution in [2.75, 3.05) is 0 Å². The maximum atomic E-state index is 12.0. The van der Waals surface area contributed by atoms with Crippen LogP contribution in [0.15, 0.2) is 48.9 Å². The van der Waals surface area contributed by atoms with Crippen molar-refractivity contribution in [2.24, 2.45) is 5.92 Å². The van der Waals surface area contributed by atoms with Crippen molar-refractivity contribution in [3.05, 3.63) is 60.0 Å². The number of nitrogens with one attached hydrogen (secondary N) is 1. The van der Waals surface area contributed by atoms with E-state index in [4.69, 9.17) is 0 Å². The van der Waals surface area contributed by atoms with Gasteiger partial charge in [0.05, 0.1) is 11.9 Å². The molecule has 1 aliphatic heterocycles. The van der Waals surface area contributed by atoms with Gasteiger partial charge in [0, 0.05) is 47.7 Å². The van der Waals surface area contributed by atoms with Crippen LogP contribution in [0.2, 0.25) is 0 Å². The number of carbonyl (C=O) groups is 1. The summed E-state index contributed by atoms with van der Waals surface area (Å²) in [4.78, 5) is 16.6. The molecule has 0 bridgehead atoms. The van der Waals surface area contributed by atoms with Crippen molar-refractivity contribution in [3.8, 4) is 22.4 Å². The van der Waals surface area contributed by atoms with E-state index < -0.39 is 0 Å². The molecule has 3 heterocycles. The summed E-state index contributed by atoms with van der Waals surface area (Å²) in [5.41, 5.74) is 5.77. The molecule has 0 radical (unpaired) electrons. The van der Waals surface area contributed by atoms with E-state index in [-0.39, 0.29) is 5.91 Å². The highest BCUT2D eigenvalue weighted by Gasteiger charge is 2.21. The van der Waals surface area contributed by atoms with Crippen molar-refractivity contribution in [3.63, 3.8) is 0 Å². The van der Waals surface area contributed by atoms with E-state index in [0.717, 1.165) is 46.0 Å². The molecule has 1 aromatic carbocycles. The Kier molecular flexibility index (Phi) is 4.00. The number of aromatic nitrogens is 3. The Hall–Kier alpha value is -2.95. The molecule has 5 nitrogen and oxygen atoms in total. The first kappa shape index (κ1) is 16.2. The number of rotatable bonds is 4. The predicted octanol–water partition coefficient (Wildman–Crippen LogP) is 4.05. The monoisotopic (exact) mass is 358 g/mol. The summed E-state index contributed by atoms with van der Waals surface area (Å²) in [6, 6.07) is 10.0. The van der Waals surface area contributed by atoms with Crippen LogP contribution < -0.4 is 5.32 Å². The Bertz CT molecular complexity index is 1000. The molecule has 1 amide bonds. The first-order chi connectivity index (χ1) is 13.3. The normalized spacial score (nSPS) is 16.5. The Morgan fingerprint density at radius 1 is 1.11 bits per heavy atom. The zero-order valence-electron chi connectivity index (χ0n) is 15.2. The summed E-state index contributed by atoms with van der Waals surface area (Å²) in [6.45, 7) is 1.60. The third kappa shape index (κ3) is 3.03. The summed E-state index contributed by atoms with van der Waals surface area (Å²) in [7, 11) is 0. The van der Waals surface area contributed by atoms with Crippen LogP contribution in [0.4, 0.5) is 0 Å². The molecule has 5 heteroatoms. The predicted molar refractivity (Wildman–Crippen MR) is 104 cm³/mol.